The Morgan fingerprint density at radius 2 is 1.93 bits per heavy atom. The van der Waals surface area contributed by atoms with Gasteiger partial charge in [-0.3, -0.25) is 11.3 Å². The van der Waals surface area contributed by atoms with E-state index in [1.165, 1.54) is 0 Å². The predicted octanol–water partition coefficient (Wildman–Crippen LogP) is 0.832. The number of hydrazine groups is 1. The van der Waals surface area contributed by atoms with Crippen LogP contribution in [0.4, 0.5) is 0 Å². The zero-order chi connectivity index (χ0) is 11.7. The third-order valence-electron chi connectivity index (χ3n) is 3.11. The maximum atomic E-state index is 11.9. The lowest BCUT2D eigenvalue weighted by atomic mass is 9.83. The van der Waals surface area contributed by atoms with Gasteiger partial charge in [-0.1, -0.05) is 27.2 Å². The maximum absolute atomic E-state index is 11.9. The topological polar surface area (TPSA) is 72.2 Å². The molecule has 3 N–H and O–H groups in total. The summed E-state index contributed by atoms with van der Waals surface area (Å²) in [6.07, 6.45) is 2.51. The minimum absolute atomic E-state index is 0.135. The summed E-state index contributed by atoms with van der Waals surface area (Å²) < 4.78 is 23.9. The first-order chi connectivity index (χ1) is 6.79. The molecule has 1 aliphatic rings. The number of hydrogen-bond donors (Lipinski definition) is 2. The van der Waals surface area contributed by atoms with Gasteiger partial charge < -0.3 is 0 Å². The number of nitrogens with two attached hydrogens (primary N) is 1. The summed E-state index contributed by atoms with van der Waals surface area (Å²) >= 11 is 0. The van der Waals surface area contributed by atoms with Crippen LogP contribution in [-0.4, -0.2) is 25.5 Å². The van der Waals surface area contributed by atoms with Crippen molar-refractivity contribution in [2.75, 3.05) is 5.75 Å². The molecule has 5 heteroatoms. The Morgan fingerprint density at radius 1 is 1.33 bits per heavy atom. The minimum atomic E-state index is -2.96. The fourth-order valence-corrected chi connectivity index (χ4v) is 4.61. The number of rotatable bonds is 2. The highest BCUT2D eigenvalue weighted by Gasteiger charge is 2.40. The van der Waals surface area contributed by atoms with Crippen molar-refractivity contribution < 1.29 is 8.42 Å². The number of sulfone groups is 1. The molecule has 15 heavy (non-hydrogen) atoms. The van der Waals surface area contributed by atoms with Crippen molar-refractivity contribution in [2.24, 2.45) is 11.3 Å². The van der Waals surface area contributed by atoms with E-state index >= 15 is 0 Å². The van der Waals surface area contributed by atoms with Crippen molar-refractivity contribution in [3.63, 3.8) is 0 Å². The van der Waals surface area contributed by atoms with Crippen LogP contribution >= 0.6 is 0 Å². The molecule has 1 heterocycles. The number of hydrogen-bond acceptors (Lipinski definition) is 4. The molecule has 0 spiro atoms. The molecule has 4 nitrogen and oxygen atoms in total. The largest absolute Gasteiger partial charge is 0.271 e. The molecular weight excluding hydrogens is 212 g/mol. The third kappa shape index (κ3) is 2.92. The van der Waals surface area contributed by atoms with Gasteiger partial charge in [0, 0.05) is 6.04 Å². The minimum Gasteiger partial charge on any atom is -0.271 e. The first-order valence-corrected chi connectivity index (χ1v) is 7.18. The van der Waals surface area contributed by atoms with E-state index in [9.17, 15) is 8.42 Å². The second-order valence-electron chi connectivity index (χ2n) is 5.41. The first kappa shape index (κ1) is 12.9. The summed E-state index contributed by atoms with van der Waals surface area (Å²) in [4.78, 5) is 0. The van der Waals surface area contributed by atoms with Crippen LogP contribution in [0.25, 0.3) is 0 Å². The molecule has 90 valence electrons. The fourth-order valence-electron chi connectivity index (χ4n) is 2.27. The normalized spacial score (nSPS) is 28.7. The molecule has 0 aromatic rings. The van der Waals surface area contributed by atoms with Crippen molar-refractivity contribution in [3.8, 4) is 0 Å². The van der Waals surface area contributed by atoms with Gasteiger partial charge in [0.15, 0.2) is 9.84 Å². The standard InChI is InChI=1S/C10H22N2O2S/c1-10(2,3)9(12-11)8-6-4-5-7-15(8,13)14/h8-9,12H,4-7,11H2,1-3H3. The molecule has 0 amide bonds. The van der Waals surface area contributed by atoms with E-state index in [0.29, 0.717) is 5.75 Å². The lowest BCUT2D eigenvalue weighted by Crippen LogP contribution is -2.55. The van der Waals surface area contributed by atoms with Crippen molar-refractivity contribution in [3.05, 3.63) is 0 Å². The van der Waals surface area contributed by atoms with Crippen LogP contribution in [-0.2, 0) is 9.84 Å². The lowest BCUT2D eigenvalue weighted by Gasteiger charge is -2.37. The Kier molecular flexibility index (Phi) is 3.79. The van der Waals surface area contributed by atoms with Crippen molar-refractivity contribution in [2.45, 2.75) is 51.3 Å². The van der Waals surface area contributed by atoms with E-state index in [0.717, 1.165) is 19.3 Å². The fraction of sp³-hybridized carbons (Fsp3) is 1.00. The van der Waals surface area contributed by atoms with Crippen LogP contribution in [0.3, 0.4) is 0 Å². The van der Waals surface area contributed by atoms with Crippen LogP contribution < -0.4 is 11.3 Å². The van der Waals surface area contributed by atoms with Gasteiger partial charge >= 0.3 is 0 Å². The summed E-state index contributed by atoms with van der Waals surface area (Å²) in [5, 5.41) is -0.323. The summed E-state index contributed by atoms with van der Waals surface area (Å²) in [6, 6.07) is -0.164. The van der Waals surface area contributed by atoms with Crippen molar-refractivity contribution in [1.82, 2.24) is 5.43 Å². The molecule has 1 aliphatic heterocycles. The predicted molar refractivity (Wildman–Crippen MR) is 62.0 cm³/mol. The Morgan fingerprint density at radius 3 is 2.33 bits per heavy atom. The smallest absolute Gasteiger partial charge is 0.154 e. The molecule has 1 fully saturated rings. The summed E-state index contributed by atoms with van der Waals surface area (Å²) in [7, 11) is -2.96. The Hall–Kier alpha value is -0.130. The van der Waals surface area contributed by atoms with E-state index < -0.39 is 9.84 Å². The average Bonchev–Trinajstić information content (AvgIpc) is 2.06. The SMILES string of the molecule is CC(C)(C)C(NN)C1CCCCS1(=O)=O. The highest BCUT2D eigenvalue weighted by molar-refractivity contribution is 7.92. The van der Waals surface area contributed by atoms with E-state index in [4.69, 9.17) is 5.84 Å². The Balaban J connectivity index is 2.93. The summed E-state index contributed by atoms with van der Waals surface area (Å²) in [6.45, 7) is 6.05. The van der Waals surface area contributed by atoms with Gasteiger partial charge in [-0.2, -0.15) is 0 Å². The summed E-state index contributed by atoms with van der Waals surface area (Å²) in [5.41, 5.74) is 2.55. The molecule has 0 radical (unpaired) electrons. The molecule has 1 saturated heterocycles. The Labute approximate surface area is 92.5 Å². The molecule has 0 aliphatic carbocycles. The van der Waals surface area contributed by atoms with E-state index in [1.807, 2.05) is 20.8 Å². The van der Waals surface area contributed by atoms with Gasteiger partial charge in [0.05, 0.1) is 11.0 Å². The van der Waals surface area contributed by atoms with Crippen LogP contribution in [0.1, 0.15) is 40.0 Å². The molecule has 2 unspecified atom stereocenters. The summed E-state index contributed by atoms with van der Waals surface area (Å²) in [5.74, 6) is 5.81. The average molecular weight is 234 g/mol. The van der Waals surface area contributed by atoms with Crippen LogP contribution in [0.2, 0.25) is 0 Å². The van der Waals surface area contributed by atoms with Gasteiger partial charge in [-0.25, -0.2) is 8.42 Å². The third-order valence-corrected chi connectivity index (χ3v) is 5.40. The van der Waals surface area contributed by atoms with E-state index in [-0.39, 0.29) is 16.7 Å². The van der Waals surface area contributed by atoms with E-state index in [2.05, 4.69) is 5.43 Å². The Bertz CT molecular complexity index is 306. The highest BCUT2D eigenvalue weighted by atomic mass is 32.2. The van der Waals surface area contributed by atoms with Crippen molar-refractivity contribution in [1.29, 1.82) is 0 Å². The van der Waals surface area contributed by atoms with Crippen LogP contribution in [0.15, 0.2) is 0 Å². The second kappa shape index (κ2) is 4.39. The van der Waals surface area contributed by atoms with Gasteiger partial charge in [0.2, 0.25) is 0 Å². The van der Waals surface area contributed by atoms with Crippen LogP contribution in [0, 0.1) is 5.41 Å². The molecule has 0 aromatic carbocycles. The second-order valence-corrected chi connectivity index (χ2v) is 7.75. The van der Waals surface area contributed by atoms with E-state index in [1.54, 1.807) is 0 Å². The quantitative estimate of drug-likeness (QED) is 0.548. The molecule has 2 atom stereocenters. The molecule has 1 rings (SSSR count). The van der Waals surface area contributed by atoms with Gasteiger partial charge in [0.25, 0.3) is 0 Å². The molecule has 0 saturated carbocycles. The van der Waals surface area contributed by atoms with Crippen molar-refractivity contribution >= 4 is 9.84 Å². The zero-order valence-corrected chi connectivity index (χ0v) is 10.6. The van der Waals surface area contributed by atoms with Gasteiger partial charge in [-0.15, -0.1) is 0 Å². The van der Waals surface area contributed by atoms with Crippen LogP contribution in [0.5, 0.6) is 0 Å². The maximum Gasteiger partial charge on any atom is 0.154 e. The van der Waals surface area contributed by atoms with Gasteiger partial charge in [0.1, 0.15) is 0 Å². The molecule has 0 aromatic heterocycles. The zero-order valence-electron chi connectivity index (χ0n) is 9.79. The highest BCUT2D eigenvalue weighted by Crippen LogP contribution is 2.31. The molecular formula is C10H22N2O2S. The first-order valence-electron chi connectivity index (χ1n) is 5.47. The monoisotopic (exact) mass is 234 g/mol. The molecule has 0 bridgehead atoms. The van der Waals surface area contributed by atoms with Gasteiger partial charge in [-0.05, 0) is 18.3 Å². The number of nitrogens with one attached hydrogen (secondary N) is 1. The lowest BCUT2D eigenvalue weighted by molar-refractivity contribution is 0.250.